The Morgan fingerprint density at radius 2 is 1.31 bits per heavy atom. The number of amides is 1. The molecule has 0 aliphatic carbocycles. The van der Waals surface area contributed by atoms with Gasteiger partial charge in [-0.2, -0.15) is 0 Å². The number of piperazine rings is 1. The number of hydrogen-bond donors (Lipinski definition) is 0. The third-order valence-corrected chi connectivity index (χ3v) is 8.02. The third-order valence-electron chi connectivity index (χ3n) is 8.02. The molecule has 0 N–H and O–H groups in total. The van der Waals surface area contributed by atoms with E-state index >= 15 is 0 Å². The molecule has 1 amide bonds. The molecule has 2 aliphatic rings. The third kappa shape index (κ3) is 5.68. The lowest BCUT2D eigenvalue weighted by Gasteiger charge is -2.41. The van der Waals surface area contributed by atoms with Crippen LogP contribution < -0.4 is 4.90 Å². The molecule has 2 aromatic carbocycles. The number of nitrogens with zero attached hydrogens (tertiary/aromatic N) is 6. The molecule has 0 unspecified atom stereocenters. The minimum absolute atomic E-state index is 0.0795. The minimum atomic E-state index is 0.0795. The molecule has 7 heteroatoms. The van der Waals surface area contributed by atoms with Crippen LogP contribution in [0.3, 0.4) is 0 Å². The Bertz CT molecular complexity index is 1290. The second kappa shape index (κ2) is 11.7. The molecular weight excluding hydrogens is 484 g/mol. The predicted molar refractivity (Wildman–Crippen MR) is 153 cm³/mol. The van der Waals surface area contributed by atoms with E-state index in [4.69, 9.17) is 0 Å². The van der Waals surface area contributed by atoms with E-state index in [9.17, 15) is 4.79 Å². The molecule has 2 saturated heterocycles. The molecule has 2 aromatic heterocycles. The number of hydrogen-bond acceptors (Lipinski definition) is 6. The number of carbonyl (C=O) groups is 1. The quantitative estimate of drug-likeness (QED) is 0.369. The lowest BCUT2D eigenvalue weighted by Crippen LogP contribution is -2.52. The van der Waals surface area contributed by atoms with Crippen molar-refractivity contribution in [3.63, 3.8) is 0 Å². The van der Waals surface area contributed by atoms with E-state index in [1.54, 1.807) is 12.4 Å². The van der Waals surface area contributed by atoms with Gasteiger partial charge < -0.3 is 9.80 Å². The number of pyridine rings is 1. The minimum Gasteiger partial charge on any atom is -0.355 e. The zero-order valence-corrected chi connectivity index (χ0v) is 22.1. The fourth-order valence-corrected chi connectivity index (χ4v) is 5.87. The Morgan fingerprint density at radius 1 is 0.692 bits per heavy atom. The van der Waals surface area contributed by atoms with Gasteiger partial charge in [0.05, 0.1) is 11.7 Å². The van der Waals surface area contributed by atoms with E-state index in [0.29, 0.717) is 5.91 Å². The van der Waals surface area contributed by atoms with Crippen molar-refractivity contribution < 1.29 is 4.79 Å². The standard InChI is InChI=1S/C32H34N6O/c39-32(28-15-19-36(20-16-28)30-12-11-29(34-35-30)25-13-17-33-18-14-25)38-23-21-37(22-24-38)31(26-7-3-1-4-8-26)27-9-5-2-6-10-27/h1-14,17-18,28,31H,15-16,19-24H2. The Balaban J connectivity index is 1.04. The molecule has 39 heavy (non-hydrogen) atoms. The van der Waals surface area contributed by atoms with E-state index in [-0.39, 0.29) is 12.0 Å². The van der Waals surface area contributed by atoms with E-state index < -0.39 is 0 Å². The van der Waals surface area contributed by atoms with Crippen molar-refractivity contribution in [1.29, 1.82) is 0 Å². The molecule has 0 bridgehead atoms. The second-order valence-electron chi connectivity index (χ2n) is 10.4. The average Bonchev–Trinajstić information content (AvgIpc) is 3.03. The molecular formula is C32H34N6O. The first-order chi connectivity index (χ1) is 19.3. The largest absolute Gasteiger partial charge is 0.355 e. The molecule has 6 rings (SSSR count). The number of carbonyl (C=O) groups excluding carboxylic acids is 1. The molecule has 7 nitrogen and oxygen atoms in total. The Morgan fingerprint density at radius 3 is 1.87 bits per heavy atom. The number of benzene rings is 2. The van der Waals surface area contributed by atoms with Gasteiger partial charge in [0.1, 0.15) is 0 Å². The maximum absolute atomic E-state index is 13.5. The van der Waals surface area contributed by atoms with Gasteiger partial charge in [-0.05, 0) is 48.2 Å². The molecule has 4 heterocycles. The summed E-state index contributed by atoms with van der Waals surface area (Å²) in [4.78, 5) is 24.4. The highest BCUT2D eigenvalue weighted by molar-refractivity contribution is 5.79. The number of anilines is 1. The highest BCUT2D eigenvalue weighted by atomic mass is 16.2. The van der Waals surface area contributed by atoms with Gasteiger partial charge in [0.25, 0.3) is 0 Å². The van der Waals surface area contributed by atoms with Crippen LogP contribution in [0.4, 0.5) is 5.82 Å². The Kier molecular flexibility index (Phi) is 7.59. The van der Waals surface area contributed by atoms with Crippen molar-refractivity contribution in [1.82, 2.24) is 25.0 Å². The summed E-state index contributed by atoms with van der Waals surface area (Å²) < 4.78 is 0. The first kappa shape index (κ1) is 25.2. The Hall–Kier alpha value is -4.10. The average molecular weight is 519 g/mol. The highest BCUT2D eigenvalue weighted by Gasteiger charge is 2.33. The lowest BCUT2D eigenvalue weighted by molar-refractivity contribution is -0.138. The van der Waals surface area contributed by atoms with Crippen LogP contribution in [-0.2, 0) is 4.79 Å². The second-order valence-corrected chi connectivity index (χ2v) is 10.4. The van der Waals surface area contributed by atoms with E-state index in [1.165, 1.54) is 11.1 Å². The monoisotopic (exact) mass is 518 g/mol. The number of aromatic nitrogens is 3. The fraction of sp³-hybridized carbons (Fsp3) is 0.312. The van der Waals surface area contributed by atoms with Gasteiger partial charge in [0, 0.05) is 63.1 Å². The maximum atomic E-state index is 13.5. The van der Waals surface area contributed by atoms with E-state index in [2.05, 4.69) is 90.5 Å². The van der Waals surface area contributed by atoms with Gasteiger partial charge in [-0.1, -0.05) is 60.7 Å². The summed E-state index contributed by atoms with van der Waals surface area (Å²) in [7, 11) is 0. The molecule has 0 atom stereocenters. The van der Waals surface area contributed by atoms with Gasteiger partial charge in [-0.25, -0.2) is 0 Å². The molecule has 198 valence electrons. The summed E-state index contributed by atoms with van der Waals surface area (Å²) in [5.74, 6) is 1.26. The molecule has 2 aliphatic heterocycles. The van der Waals surface area contributed by atoms with Crippen molar-refractivity contribution in [2.45, 2.75) is 18.9 Å². The van der Waals surface area contributed by atoms with Crippen LogP contribution in [0, 0.1) is 5.92 Å². The first-order valence-corrected chi connectivity index (χ1v) is 13.9. The summed E-state index contributed by atoms with van der Waals surface area (Å²) in [6.45, 7) is 4.94. The predicted octanol–water partition coefficient (Wildman–Crippen LogP) is 4.69. The van der Waals surface area contributed by atoms with Crippen molar-refractivity contribution in [3.05, 3.63) is 108 Å². The summed E-state index contributed by atoms with van der Waals surface area (Å²) in [5.41, 5.74) is 4.44. The molecule has 2 fully saturated rings. The molecule has 4 aromatic rings. The van der Waals surface area contributed by atoms with Crippen LogP contribution in [0.1, 0.15) is 30.0 Å². The van der Waals surface area contributed by atoms with Crippen LogP contribution in [0.2, 0.25) is 0 Å². The summed E-state index contributed by atoms with van der Waals surface area (Å²) in [6.07, 6.45) is 5.22. The van der Waals surface area contributed by atoms with Gasteiger partial charge in [0.15, 0.2) is 5.82 Å². The summed E-state index contributed by atoms with van der Waals surface area (Å²) >= 11 is 0. The van der Waals surface area contributed by atoms with Gasteiger partial charge in [0.2, 0.25) is 5.91 Å². The number of piperidine rings is 1. The molecule has 0 spiro atoms. The van der Waals surface area contributed by atoms with Crippen molar-refractivity contribution in [2.75, 3.05) is 44.2 Å². The van der Waals surface area contributed by atoms with Crippen molar-refractivity contribution >= 4 is 11.7 Å². The smallest absolute Gasteiger partial charge is 0.225 e. The first-order valence-electron chi connectivity index (χ1n) is 13.9. The van der Waals surface area contributed by atoms with Crippen LogP contribution in [0.5, 0.6) is 0 Å². The van der Waals surface area contributed by atoms with Crippen LogP contribution in [-0.4, -0.2) is 70.2 Å². The zero-order valence-electron chi connectivity index (χ0n) is 22.1. The van der Waals surface area contributed by atoms with Gasteiger partial charge in [-0.3, -0.25) is 14.7 Å². The topological polar surface area (TPSA) is 65.5 Å². The summed E-state index contributed by atoms with van der Waals surface area (Å²) in [5, 5.41) is 8.89. The molecule has 0 saturated carbocycles. The van der Waals surface area contributed by atoms with Crippen molar-refractivity contribution in [3.8, 4) is 11.3 Å². The normalized spacial score (nSPS) is 16.9. The Labute approximate surface area is 230 Å². The summed E-state index contributed by atoms with van der Waals surface area (Å²) in [6, 6.07) is 29.5. The van der Waals surface area contributed by atoms with Crippen LogP contribution in [0.15, 0.2) is 97.3 Å². The van der Waals surface area contributed by atoms with Crippen molar-refractivity contribution in [2.24, 2.45) is 5.92 Å². The van der Waals surface area contributed by atoms with Gasteiger partial charge >= 0.3 is 0 Å². The lowest BCUT2D eigenvalue weighted by atomic mass is 9.94. The van der Waals surface area contributed by atoms with E-state index in [0.717, 1.165) is 69.2 Å². The van der Waals surface area contributed by atoms with Crippen LogP contribution in [0.25, 0.3) is 11.3 Å². The maximum Gasteiger partial charge on any atom is 0.225 e. The van der Waals surface area contributed by atoms with Gasteiger partial charge in [-0.15, -0.1) is 10.2 Å². The van der Waals surface area contributed by atoms with Crippen LogP contribution >= 0.6 is 0 Å². The molecule has 0 radical (unpaired) electrons. The fourth-order valence-electron chi connectivity index (χ4n) is 5.87. The number of rotatable bonds is 6. The highest BCUT2D eigenvalue weighted by Crippen LogP contribution is 2.30. The zero-order chi connectivity index (χ0) is 26.4. The SMILES string of the molecule is O=C(C1CCN(c2ccc(-c3ccncc3)nn2)CC1)N1CCN(C(c2ccccc2)c2ccccc2)CC1. The van der Waals surface area contributed by atoms with E-state index in [1.807, 2.05) is 24.3 Å².